The topological polar surface area (TPSA) is 85.4 Å². The molecule has 0 N–H and O–H groups in total. The van der Waals surface area contributed by atoms with E-state index >= 15 is 0 Å². The molecule has 0 aliphatic rings. The highest BCUT2D eigenvalue weighted by atomic mass is 32.2. The summed E-state index contributed by atoms with van der Waals surface area (Å²) in [4.78, 5) is 17.5. The Kier molecular flexibility index (Phi) is 12.7. The molecule has 0 spiro atoms. The van der Waals surface area contributed by atoms with Crippen molar-refractivity contribution in [3.63, 3.8) is 0 Å². The van der Waals surface area contributed by atoms with Crippen LogP contribution >= 0.6 is 11.3 Å². The molecule has 0 radical (unpaired) electrons. The van der Waals surface area contributed by atoms with E-state index in [2.05, 4.69) is 0 Å². The van der Waals surface area contributed by atoms with Crippen LogP contribution < -0.4 is 9.47 Å². The summed E-state index contributed by atoms with van der Waals surface area (Å²) in [6.45, 7) is 5.39. The van der Waals surface area contributed by atoms with E-state index in [1.54, 1.807) is 37.6 Å². The van der Waals surface area contributed by atoms with Crippen molar-refractivity contribution in [2.45, 2.75) is 46.1 Å². The van der Waals surface area contributed by atoms with E-state index < -0.39 is 10.0 Å². The molecule has 2 rings (SSSR count). The summed E-state index contributed by atoms with van der Waals surface area (Å²) < 4.78 is 43.2. The maximum atomic E-state index is 13.5. The number of carbonyl (C=O) groups is 1. The van der Waals surface area contributed by atoms with Crippen LogP contribution in [0.3, 0.4) is 0 Å². The number of rotatable bonds is 17. The van der Waals surface area contributed by atoms with Crippen molar-refractivity contribution in [3.05, 3.63) is 45.6 Å². The Morgan fingerprint density at radius 3 is 2.36 bits per heavy atom. The zero-order valence-electron chi connectivity index (χ0n) is 22.1. The molecule has 1 amide bonds. The fourth-order valence-corrected chi connectivity index (χ4v) is 6.29. The lowest BCUT2D eigenvalue weighted by molar-refractivity contribution is -0.132. The number of sulfonamides is 1. The van der Waals surface area contributed by atoms with Gasteiger partial charge in [-0.3, -0.25) is 4.79 Å². The maximum Gasteiger partial charge on any atom is 0.238 e. The number of ether oxygens (including phenoxy) is 3. The molecule has 0 unspecified atom stereocenters. The highest BCUT2D eigenvalue weighted by Crippen LogP contribution is 2.28. The number of carbonyl (C=O) groups excluding carboxylic acids is 1. The molecule has 202 valence electrons. The Morgan fingerprint density at radius 2 is 1.75 bits per heavy atom. The number of benzene rings is 1. The van der Waals surface area contributed by atoms with E-state index in [1.807, 2.05) is 44.2 Å². The zero-order valence-corrected chi connectivity index (χ0v) is 23.8. The SMILES string of the molecule is CCCCS(=O)(=O)N(CCCOC)CC(=O)N(CCc1ccc(OC)c(OC)c1)Cc1ccc(C)s1. The molecule has 1 heterocycles. The molecule has 0 saturated heterocycles. The third kappa shape index (κ3) is 9.38. The number of methoxy groups -OCH3 is 3. The standard InChI is InChI=1S/C26H40N2O6S2/c1-6-7-17-36(30,31)28(14-8-16-32-3)20-26(29)27(19-23-11-9-21(2)35-23)15-13-22-10-12-24(33-4)25(18-22)34-5/h9-12,18H,6-8,13-17,19-20H2,1-5H3. The minimum atomic E-state index is -3.54. The van der Waals surface area contributed by atoms with Crippen molar-refractivity contribution in [1.29, 1.82) is 0 Å². The Bertz CT molecular complexity index is 1050. The van der Waals surface area contributed by atoms with Gasteiger partial charge in [-0.05, 0) is 56.0 Å². The van der Waals surface area contributed by atoms with Crippen molar-refractivity contribution in [2.24, 2.45) is 0 Å². The first kappa shape index (κ1) is 30.1. The van der Waals surface area contributed by atoms with E-state index in [9.17, 15) is 13.2 Å². The molecule has 1 aromatic heterocycles. The Balaban J connectivity index is 2.22. The van der Waals surface area contributed by atoms with Crippen molar-refractivity contribution in [1.82, 2.24) is 9.21 Å². The van der Waals surface area contributed by atoms with Gasteiger partial charge in [-0.1, -0.05) is 19.4 Å². The second-order valence-electron chi connectivity index (χ2n) is 8.62. The third-order valence-corrected chi connectivity index (χ3v) is 8.72. The van der Waals surface area contributed by atoms with Crippen LogP contribution in [-0.4, -0.2) is 76.9 Å². The van der Waals surface area contributed by atoms with Gasteiger partial charge in [0.1, 0.15) is 0 Å². The van der Waals surface area contributed by atoms with E-state index in [1.165, 1.54) is 9.18 Å². The Hall–Kier alpha value is -2.14. The molecule has 1 aromatic carbocycles. The second kappa shape index (κ2) is 15.2. The van der Waals surface area contributed by atoms with Crippen molar-refractivity contribution >= 4 is 27.3 Å². The van der Waals surface area contributed by atoms with Crippen LogP contribution in [0.5, 0.6) is 11.5 Å². The molecule has 0 fully saturated rings. The van der Waals surface area contributed by atoms with Gasteiger partial charge in [-0.15, -0.1) is 11.3 Å². The third-order valence-electron chi connectivity index (χ3n) is 5.83. The van der Waals surface area contributed by atoms with E-state index in [0.717, 1.165) is 16.9 Å². The molecule has 0 aliphatic carbocycles. The summed E-state index contributed by atoms with van der Waals surface area (Å²) in [5.41, 5.74) is 1.00. The van der Waals surface area contributed by atoms with Gasteiger partial charge >= 0.3 is 0 Å². The number of hydrogen-bond acceptors (Lipinski definition) is 7. The minimum absolute atomic E-state index is 0.0412. The quantitative estimate of drug-likeness (QED) is 0.281. The summed E-state index contributed by atoms with van der Waals surface area (Å²) >= 11 is 1.64. The molecule has 0 atom stereocenters. The van der Waals surface area contributed by atoms with Crippen molar-refractivity contribution < 1.29 is 27.4 Å². The summed E-state index contributed by atoms with van der Waals surface area (Å²) in [6.07, 6.45) is 2.47. The lowest BCUT2D eigenvalue weighted by Crippen LogP contribution is -2.44. The average Bonchev–Trinajstić information content (AvgIpc) is 3.28. The smallest absolute Gasteiger partial charge is 0.238 e. The van der Waals surface area contributed by atoms with Gasteiger partial charge in [-0.2, -0.15) is 4.31 Å². The van der Waals surface area contributed by atoms with Gasteiger partial charge in [0.05, 0.1) is 33.1 Å². The lowest BCUT2D eigenvalue weighted by Gasteiger charge is -2.27. The van der Waals surface area contributed by atoms with Crippen LogP contribution in [0.2, 0.25) is 0 Å². The van der Waals surface area contributed by atoms with Gasteiger partial charge in [-0.25, -0.2) is 8.42 Å². The first-order valence-electron chi connectivity index (χ1n) is 12.2. The number of nitrogens with zero attached hydrogens (tertiary/aromatic N) is 2. The molecule has 0 aliphatic heterocycles. The number of thiophene rings is 1. The summed E-state index contributed by atoms with van der Waals surface area (Å²) in [7, 11) is 1.22. The Morgan fingerprint density at radius 1 is 1.00 bits per heavy atom. The minimum Gasteiger partial charge on any atom is -0.493 e. The summed E-state index contributed by atoms with van der Waals surface area (Å²) in [5.74, 6) is 1.11. The number of aryl methyl sites for hydroxylation is 1. The summed E-state index contributed by atoms with van der Waals surface area (Å²) in [5, 5.41) is 0. The molecule has 36 heavy (non-hydrogen) atoms. The highest BCUT2D eigenvalue weighted by Gasteiger charge is 2.26. The normalized spacial score (nSPS) is 11.6. The summed E-state index contributed by atoms with van der Waals surface area (Å²) in [6, 6.07) is 9.75. The van der Waals surface area contributed by atoms with Crippen LogP contribution in [0, 0.1) is 6.92 Å². The lowest BCUT2D eigenvalue weighted by atomic mass is 10.1. The fraction of sp³-hybridized carbons (Fsp3) is 0.577. The van der Waals surface area contributed by atoms with Crippen LogP contribution in [0.15, 0.2) is 30.3 Å². The zero-order chi connectivity index (χ0) is 26.6. The van der Waals surface area contributed by atoms with Gasteiger partial charge in [0.2, 0.25) is 15.9 Å². The van der Waals surface area contributed by atoms with Crippen LogP contribution in [0.25, 0.3) is 0 Å². The molecule has 8 nitrogen and oxygen atoms in total. The van der Waals surface area contributed by atoms with Crippen molar-refractivity contribution in [3.8, 4) is 11.5 Å². The Labute approximate surface area is 220 Å². The number of amides is 1. The van der Waals surface area contributed by atoms with Gasteiger partial charge in [0, 0.05) is 36.6 Å². The monoisotopic (exact) mass is 540 g/mol. The predicted octanol–water partition coefficient (Wildman–Crippen LogP) is 4.11. The highest BCUT2D eigenvalue weighted by molar-refractivity contribution is 7.89. The second-order valence-corrected chi connectivity index (χ2v) is 12.1. The van der Waals surface area contributed by atoms with Crippen LogP contribution in [-0.2, 0) is 32.5 Å². The van der Waals surface area contributed by atoms with Gasteiger partial charge < -0.3 is 19.1 Å². The molecule has 10 heteroatoms. The van der Waals surface area contributed by atoms with Crippen LogP contribution in [0.4, 0.5) is 0 Å². The fourth-order valence-electron chi connectivity index (χ4n) is 3.76. The maximum absolute atomic E-state index is 13.5. The molecular formula is C26H40N2O6S2. The largest absolute Gasteiger partial charge is 0.493 e. The molecule has 0 bridgehead atoms. The number of unbranched alkanes of at least 4 members (excludes halogenated alkanes) is 1. The van der Waals surface area contributed by atoms with E-state index in [4.69, 9.17) is 14.2 Å². The average molecular weight is 541 g/mol. The van der Waals surface area contributed by atoms with E-state index in [0.29, 0.717) is 50.5 Å². The first-order valence-corrected chi connectivity index (χ1v) is 14.7. The number of hydrogen-bond donors (Lipinski definition) is 0. The molecule has 2 aromatic rings. The van der Waals surface area contributed by atoms with Gasteiger partial charge in [0.15, 0.2) is 11.5 Å². The predicted molar refractivity (Wildman–Crippen MR) is 144 cm³/mol. The molecular weight excluding hydrogens is 500 g/mol. The van der Waals surface area contributed by atoms with Gasteiger partial charge in [0.25, 0.3) is 0 Å². The van der Waals surface area contributed by atoms with E-state index in [-0.39, 0.29) is 24.7 Å². The first-order chi connectivity index (χ1) is 17.2. The molecule has 0 saturated carbocycles. The van der Waals surface area contributed by atoms with Crippen LogP contribution in [0.1, 0.15) is 41.5 Å². The van der Waals surface area contributed by atoms with Crippen molar-refractivity contribution in [2.75, 3.05) is 53.3 Å².